The Morgan fingerprint density at radius 2 is 1.40 bits per heavy atom. The highest BCUT2D eigenvalue weighted by molar-refractivity contribution is 7.16. The Labute approximate surface area is 43.1 Å². The summed E-state index contributed by atoms with van der Waals surface area (Å²) in [5.41, 5.74) is 0. The summed E-state index contributed by atoms with van der Waals surface area (Å²) in [5.74, 6) is 0. The second kappa shape index (κ2) is 23.2. The van der Waals surface area contributed by atoms with Crippen molar-refractivity contribution in [1.82, 2.24) is 0 Å². The van der Waals surface area contributed by atoms with E-state index >= 15 is 0 Å². The average Bonchev–Trinajstić information content (AvgIpc) is 0.918. The zero-order chi connectivity index (χ0) is 2.71. The van der Waals surface area contributed by atoms with Crippen molar-refractivity contribution in [3.63, 3.8) is 0 Å². The van der Waals surface area contributed by atoms with Gasteiger partial charge in [0.25, 0.3) is 0 Å². The molecule has 0 N–H and O–H groups in total. The lowest BCUT2D eigenvalue weighted by Crippen LogP contribution is -3.00. The van der Waals surface area contributed by atoms with Gasteiger partial charge in [0.2, 0.25) is 0 Å². The molecular formula is Cl2FOP-2. The first-order valence-corrected chi connectivity index (χ1v) is 1.05. The van der Waals surface area contributed by atoms with Crippen molar-refractivity contribution in [2.45, 2.75) is 0 Å². The third-order valence-electron chi connectivity index (χ3n) is 0. The van der Waals surface area contributed by atoms with Crippen LogP contribution in [0.25, 0.3) is 0 Å². The van der Waals surface area contributed by atoms with Gasteiger partial charge in [0.05, 0.1) is 0 Å². The molecule has 0 heterocycles. The van der Waals surface area contributed by atoms with Crippen LogP contribution in [0.3, 0.4) is 0 Å². The fourth-order valence-corrected chi connectivity index (χ4v) is 0. The molecule has 0 rings (SSSR count). The Balaban J connectivity index is -0.0000000200. The lowest BCUT2D eigenvalue weighted by atomic mass is 16.0. The van der Waals surface area contributed by atoms with Crippen molar-refractivity contribution in [1.29, 1.82) is 0 Å². The van der Waals surface area contributed by atoms with E-state index in [0.29, 0.717) is 0 Å². The van der Waals surface area contributed by atoms with Crippen LogP contribution in [0.15, 0.2) is 0 Å². The molecule has 0 saturated carbocycles. The van der Waals surface area contributed by atoms with Crippen LogP contribution in [0.4, 0.5) is 4.20 Å². The Morgan fingerprint density at radius 1 is 1.40 bits per heavy atom. The predicted octanol–water partition coefficient (Wildman–Crippen LogP) is -4.83. The molecule has 0 aromatic carbocycles. The van der Waals surface area contributed by atoms with Crippen LogP contribution in [0, 0.1) is 0 Å². The summed E-state index contributed by atoms with van der Waals surface area (Å²) in [7, 11) is -1.33. The lowest BCUT2D eigenvalue weighted by Gasteiger charge is -1.15. The van der Waals surface area contributed by atoms with Crippen LogP contribution in [0.1, 0.15) is 0 Å². The molecule has 0 aliphatic heterocycles. The third-order valence-corrected chi connectivity index (χ3v) is 0. The molecule has 0 amide bonds. The second-order valence-corrected chi connectivity index (χ2v) is 0.207. The molecule has 34 valence electrons. The van der Waals surface area contributed by atoms with E-state index in [2.05, 4.69) is 0 Å². The molecule has 0 aliphatic carbocycles. The minimum Gasteiger partial charge on any atom is -1.00 e. The van der Waals surface area contributed by atoms with Gasteiger partial charge in [-0.2, -0.15) is 0 Å². The quantitative estimate of drug-likeness (QED) is 0.306. The van der Waals surface area contributed by atoms with Gasteiger partial charge in [0.15, 0.2) is 0 Å². The molecule has 0 saturated heterocycles. The average molecular weight is 137 g/mol. The van der Waals surface area contributed by atoms with Crippen LogP contribution in [0.2, 0.25) is 0 Å². The SMILES string of the molecule is O=PF.[Cl-].[Cl-]. The van der Waals surface area contributed by atoms with E-state index in [4.69, 9.17) is 4.57 Å². The van der Waals surface area contributed by atoms with Crippen molar-refractivity contribution in [3.8, 4) is 0 Å². The summed E-state index contributed by atoms with van der Waals surface area (Å²) < 4.78 is 17.9. The smallest absolute Gasteiger partial charge is 0.371 e. The highest BCUT2D eigenvalue weighted by atomic mass is 35.5. The Kier molecular flexibility index (Phi) is 81.1. The molecule has 0 aromatic rings. The largest absolute Gasteiger partial charge is 1.00 e. The van der Waals surface area contributed by atoms with Gasteiger partial charge in [0.1, 0.15) is 0 Å². The standard InChI is InChI=1S/2ClH.FOP/c;;1-3-2/h2*1H;/p-2. The minimum atomic E-state index is -1.33. The van der Waals surface area contributed by atoms with Crippen molar-refractivity contribution < 1.29 is 33.6 Å². The van der Waals surface area contributed by atoms with Gasteiger partial charge in [0, 0.05) is 0 Å². The molecule has 0 aliphatic rings. The van der Waals surface area contributed by atoms with Crippen molar-refractivity contribution in [2.24, 2.45) is 0 Å². The fraction of sp³-hybridized carbons (Fsp3) is 0. The van der Waals surface area contributed by atoms with Crippen molar-refractivity contribution in [3.05, 3.63) is 0 Å². The van der Waals surface area contributed by atoms with Crippen LogP contribution in [0.5, 0.6) is 0 Å². The Morgan fingerprint density at radius 3 is 1.40 bits per heavy atom. The number of hydrogen-bond acceptors (Lipinski definition) is 1. The summed E-state index contributed by atoms with van der Waals surface area (Å²) in [6, 6.07) is 0. The first-order valence-electron chi connectivity index (χ1n) is 0.352. The molecule has 0 bridgehead atoms. The van der Waals surface area contributed by atoms with Crippen LogP contribution in [-0.4, -0.2) is 0 Å². The maximum atomic E-state index is 9.71. The lowest BCUT2D eigenvalue weighted by molar-refractivity contribution is -0.00100. The summed E-state index contributed by atoms with van der Waals surface area (Å²) in [6.07, 6.45) is 0. The van der Waals surface area contributed by atoms with Gasteiger partial charge in [-0.25, -0.2) is 4.57 Å². The van der Waals surface area contributed by atoms with Crippen molar-refractivity contribution >= 4 is 8.77 Å². The molecule has 5 heavy (non-hydrogen) atoms. The van der Waals surface area contributed by atoms with E-state index in [0.717, 1.165) is 0 Å². The molecule has 0 aromatic heterocycles. The molecule has 1 nitrogen and oxygen atoms in total. The first kappa shape index (κ1) is 17.5. The van der Waals surface area contributed by atoms with E-state index in [1.807, 2.05) is 0 Å². The van der Waals surface area contributed by atoms with E-state index in [-0.39, 0.29) is 24.8 Å². The zero-order valence-electron chi connectivity index (χ0n) is 1.99. The van der Waals surface area contributed by atoms with E-state index in [9.17, 15) is 4.20 Å². The molecule has 5 heteroatoms. The number of halogens is 3. The normalized spacial score (nSPS) is 4.20. The topological polar surface area (TPSA) is 17.1 Å². The molecule has 0 spiro atoms. The number of hydrogen-bond donors (Lipinski definition) is 0. The van der Waals surface area contributed by atoms with Gasteiger partial charge < -0.3 is 24.8 Å². The maximum Gasteiger partial charge on any atom is 0.371 e. The first-order chi connectivity index (χ1) is 1.41. The summed E-state index contributed by atoms with van der Waals surface area (Å²) >= 11 is 0. The molecular weight excluding hydrogens is 137 g/mol. The summed E-state index contributed by atoms with van der Waals surface area (Å²) in [6.45, 7) is 0. The molecule has 0 atom stereocenters. The monoisotopic (exact) mass is 136 g/mol. The van der Waals surface area contributed by atoms with Gasteiger partial charge in [-0.3, -0.25) is 0 Å². The Bertz CT molecular complexity index is 17.1. The van der Waals surface area contributed by atoms with Gasteiger partial charge in [-0.1, -0.05) is 0 Å². The highest BCUT2D eigenvalue weighted by Gasteiger charge is 1.36. The van der Waals surface area contributed by atoms with Crippen LogP contribution < -0.4 is 24.8 Å². The van der Waals surface area contributed by atoms with Gasteiger partial charge in [-0.05, 0) is 0 Å². The van der Waals surface area contributed by atoms with Crippen LogP contribution in [-0.2, 0) is 4.57 Å². The van der Waals surface area contributed by atoms with Gasteiger partial charge >= 0.3 is 8.77 Å². The summed E-state index contributed by atoms with van der Waals surface area (Å²) in [5, 5.41) is 0. The van der Waals surface area contributed by atoms with Crippen LogP contribution >= 0.6 is 8.77 Å². The second-order valence-electron chi connectivity index (χ2n) is 0.0690. The van der Waals surface area contributed by atoms with E-state index < -0.39 is 8.77 Å². The number of rotatable bonds is 0. The predicted molar refractivity (Wildman–Crippen MR) is 8.71 cm³/mol. The van der Waals surface area contributed by atoms with E-state index in [1.165, 1.54) is 0 Å². The van der Waals surface area contributed by atoms with Gasteiger partial charge in [-0.15, -0.1) is 4.20 Å². The maximum absolute atomic E-state index is 9.71. The Hall–Kier alpha value is 0.610. The summed E-state index contributed by atoms with van der Waals surface area (Å²) in [4.78, 5) is 0. The van der Waals surface area contributed by atoms with Crippen molar-refractivity contribution in [2.75, 3.05) is 0 Å². The molecule has 0 unspecified atom stereocenters. The zero-order valence-corrected chi connectivity index (χ0v) is 4.40. The molecule has 0 radical (unpaired) electrons. The fourth-order valence-electron chi connectivity index (χ4n) is 0. The molecule has 0 fully saturated rings. The third kappa shape index (κ3) is 84.4. The minimum absolute atomic E-state index is 0. The highest BCUT2D eigenvalue weighted by Crippen LogP contribution is 1.83. The van der Waals surface area contributed by atoms with E-state index in [1.54, 1.807) is 0 Å².